The van der Waals surface area contributed by atoms with E-state index < -0.39 is 10.2 Å². The number of nitrogens with zero attached hydrogens (tertiary/aromatic N) is 1. The Morgan fingerprint density at radius 2 is 2.12 bits per heavy atom. The highest BCUT2D eigenvalue weighted by Crippen LogP contribution is 2.14. The van der Waals surface area contributed by atoms with E-state index in [9.17, 15) is 8.42 Å². The number of methoxy groups -OCH3 is 1. The van der Waals surface area contributed by atoms with Crippen LogP contribution in [0, 0.1) is 0 Å². The molecule has 5 nitrogen and oxygen atoms in total. The molecule has 0 aliphatic carbocycles. The molecule has 1 aromatic rings. The van der Waals surface area contributed by atoms with Crippen molar-refractivity contribution in [2.24, 2.45) is 0 Å². The Balaban J connectivity index is 2.81. The van der Waals surface area contributed by atoms with Crippen LogP contribution in [-0.4, -0.2) is 33.9 Å². The molecule has 0 radical (unpaired) electrons. The maximum Gasteiger partial charge on any atom is 0.279 e. The summed E-state index contributed by atoms with van der Waals surface area (Å²) in [6, 6.07) is 7.30. The number of ether oxygens (including phenoxy) is 1. The van der Waals surface area contributed by atoms with Crippen molar-refractivity contribution in [1.29, 1.82) is 0 Å². The monoisotopic (exact) mass is 244 g/mol. The van der Waals surface area contributed by atoms with Crippen LogP contribution in [0.5, 0.6) is 5.75 Å². The Morgan fingerprint density at radius 1 is 1.44 bits per heavy atom. The molecule has 0 bridgehead atoms. The van der Waals surface area contributed by atoms with Gasteiger partial charge in [0.25, 0.3) is 10.2 Å². The van der Waals surface area contributed by atoms with Gasteiger partial charge >= 0.3 is 0 Å². The van der Waals surface area contributed by atoms with E-state index in [2.05, 4.69) is 4.72 Å². The highest BCUT2D eigenvalue weighted by atomic mass is 32.2. The summed E-state index contributed by atoms with van der Waals surface area (Å²) in [6.45, 7) is 0.306. The third-order valence-electron chi connectivity index (χ3n) is 2.21. The summed E-state index contributed by atoms with van der Waals surface area (Å²) in [5.74, 6) is 0.716. The average Bonchev–Trinajstić information content (AvgIpc) is 2.29. The normalized spacial score (nSPS) is 11.8. The Hall–Kier alpha value is -1.11. The topological polar surface area (TPSA) is 58.6 Å². The van der Waals surface area contributed by atoms with Crippen LogP contribution in [0.25, 0.3) is 0 Å². The van der Waals surface area contributed by atoms with E-state index in [-0.39, 0.29) is 0 Å². The van der Waals surface area contributed by atoms with E-state index in [1.807, 2.05) is 24.3 Å². The summed E-state index contributed by atoms with van der Waals surface area (Å²) in [4.78, 5) is 0. The Bertz CT molecular complexity index is 445. The van der Waals surface area contributed by atoms with Crippen molar-refractivity contribution < 1.29 is 13.2 Å². The van der Waals surface area contributed by atoms with Gasteiger partial charge in [0, 0.05) is 20.6 Å². The second-order valence-corrected chi connectivity index (χ2v) is 5.30. The second kappa shape index (κ2) is 5.29. The molecule has 0 fully saturated rings. The van der Waals surface area contributed by atoms with Gasteiger partial charge in [0.05, 0.1) is 7.11 Å². The van der Waals surface area contributed by atoms with E-state index >= 15 is 0 Å². The van der Waals surface area contributed by atoms with Crippen LogP contribution in [0.2, 0.25) is 0 Å². The number of hydrogen-bond acceptors (Lipinski definition) is 3. The lowest BCUT2D eigenvalue weighted by molar-refractivity contribution is 0.412. The lowest BCUT2D eigenvalue weighted by Crippen LogP contribution is -2.35. The zero-order valence-corrected chi connectivity index (χ0v) is 10.4. The molecule has 0 saturated carbocycles. The molecule has 0 aliphatic rings. The van der Waals surface area contributed by atoms with Gasteiger partial charge in [0.1, 0.15) is 5.75 Å². The summed E-state index contributed by atoms with van der Waals surface area (Å²) in [6.07, 6.45) is 0. The standard InChI is InChI=1S/C10H16N2O3S/c1-11-16(13,14)12(2)8-9-5-4-6-10(7-9)15-3/h4-7,11H,8H2,1-3H3. The highest BCUT2D eigenvalue weighted by Gasteiger charge is 2.14. The lowest BCUT2D eigenvalue weighted by atomic mass is 10.2. The molecule has 0 spiro atoms. The fourth-order valence-corrected chi connectivity index (χ4v) is 1.90. The molecule has 90 valence electrons. The van der Waals surface area contributed by atoms with Crippen LogP contribution < -0.4 is 9.46 Å². The molecule has 1 N–H and O–H groups in total. The van der Waals surface area contributed by atoms with Crippen LogP contribution >= 0.6 is 0 Å². The first kappa shape index (κ1) is 13.0. The SMILES string of the molecule is CNS(=O)(=O)N(C)Cc1cccc(OC)c1. The number of nitrogens with one attached hydrogen (secondary N) is 1. The molecule has 0 unspecified atom stereocenters. The van der Waals surface area contributed by atoms with Crippen LogP contribution in [0.3, 0.4) is 0 Å². The maximum atomic E-state index is 11.4. The largest absolute Gasteiger partial charge is 0.497 e. The fourth-order valence-electron chi connectivity index (χ4n) is 1.27. The van der Waals surface area contributed by atoms with Crippen molar-refractivity contribution in [1.82, 2.24) is 9.03 Å². The lowest BCUT2D eigenvalue weighted by Gasteiger charge is -2.16. The number of hydrogen-bond donors (Lipinski definition) is 1. The molecular formula is C10H16N2O3S. The van der Waals surface area contributed by atoms with Crippen molar-refractivity contribution in [2.75, 3.05) is 21.2 Å². The van der Waals surface area contributed by atoms with Gasteiger partial charge in [-0.2, -0.15) is 12.7 Å². The summed E-state index contributed by atoms with van der Waals surface area (Å²) in [5.41, 5.74) is 0.876. The predicted octanol–water partition coefficient (Wildman–Crippen LogP) is 0.591. The average molecular weight is 244 g/mol. The first-order chi connectivity index (χ1) is 7.49. The van der Waals surface area contributed by atoms with E-state index in [1.54, 1.807) is 7.11 Å². The maximum absolute atomic E-state index is 11.4. The molecule has 1 rings (SSSR count). The molecule has 0 saturated heterocycles. The van der Waals surface area contributed by atoms with E-state index in [1.165, 1.54) is 18.4 Å². The minimum Gasteiger partial charge on any atom is -0.497 e. The zero-order chi connectivity index (χ0) is 12.2. The van der Waals surface area contributed by atoms with E-state index in [4.69, 9.17) is 4.74 Å². The molecule has 0 atom stereocenters. The van der Waals surface area contributed by atoms with Crippen molar-refractivity contribution in [3.8, 4) is 5.75 Å². The first-order valence-electron chi connectivity index (χ1n) is 4.77. The predicted molar refractivity (Wildman–Crippen MR) is 62.4 cm³/mol. The van der Waals surface area contributed by atoms with Crippen molar-refractivity contribution in [2.45, 2.75) is 6.54 Å². The second-order valence-electron chi connectivity index (χ2n) is 3.32. The quantitative estimate of drug-likeness (QED) is 0.824. The van der Waals surface area contributed by atoms with Crippen LogP contribution in [-0.2, 0) is 16.8 Å². The third kappa shape index (κ3) is 3.19. The number of rotatable bonds is 5. The molecule has 0 heterocycles. The van der Waals surface area contributed by atoms with Gasteiger partial charge in [-0.1, -0.05) is 12.1 Å². The third-order valence-corrected chi connectivity index (χ3v) is 3.67. The molecular weight excluding hydrogens is 228 g/mol. The highest BCUT2D eigenvalue weighted by molar-refractivity contribution is 7.87. The van der Waals surface area contributed by atoms with Crippen LogP contribution in [0.4, 0.5) is 0 Å². The van der Waals surface area contributed by atoms with Gasteiger partial charge in [-0.3, -0.25) is 0 Å². The smallest absolute Gasteiger partial charge is 0.279 e. The van der Waals surface area contributed by atoms with E-state index in [0.717, 1.165) is 5.56 Å². The first-order valence-corrected chi connectivity index (χ1v) is 6.21. The molecule has 1 aromatic carbocycles. The van der Waals surface area contributed by atoms with Gasteiger partial charge in [0.2, 0.25) is 0 Å². The van der Waals surface area contributed by atoms with Crippen LogP contribution in [0.1, 0.15) is 5.56 Å². The van der Waals surface area contributed by atoms with Gasteiger partial charge in [-0.15, -0.1) is 0 Å². The fraction of sp³-hybridized carbons (Fsp3) is 0.400. The van der Waals surface area contributed by atoms with Gasteiger partial charge < -0.3 is 4.74 Å². The Labute approximate surface area is 96.2 Å². The molecule has 0 aromatic heterocycles. The Kier molecular flexibility index (Phi) is 4.28. The molecule has 0 aliphatic heterocycles. The van der Waals surface area contributed by atoms with Gasteiger partial charge in [-0.25, -0.2) is 4.72 Å². The number of benzene rings is 1. The van der Waals surface area contributed by atoms with Gasteiger partial charge in [-0.05, 0) is 17.7 Å². The minimum absolute atomic E-state index is 0.306. The summed E-state index contributed by atoms with van der Waals surface area (Å²) >= 11 is 0. The summed E-state index contributed by atoms with van der Waals surface area (Å²) in [7, 11) is 1.11. The summed E-state index contributed by atoms with van der Waals surface area (Å²) < 4.78 is 31.4. The van der Waals surface area contributed by atoms with Crippen molar-refractivity contribution in [3.05, 3.63) is 29.8 Å². The molecule has 0 amide bonds. The molecule has 6 heteroatoms. The van der Waals surface area contributed by atoms with Crippen LogP contribution in [0.15, 0.2) is 24.3 Å². The minimum atomic E-state index is -3.37. The molecule has 16 heavy (non-hydrogen) atoms. The van der Waals surface area contributed by atoms with Crippen molar-refractivity contribution in [3.63, 3.8) is 0 Å². The Morgan fingerprint density at radius 3 is 2.69 bits per heavy atom. The zero-order valence-electron chi connectivity index (χ0n) is 9.60. The van der Waals surface area contributed by atoms with Gasteiger partial charge in [0.15, 0.2) is 0 Å². The summed E-state index contributed by atoms with van der Waals surface area (Å²) in [5, 5.41) is 0. The van der Waals surface area contributed by atoms with E-state index in [0.29, 0.717) is 12.3 Å². The van der Waals surface area contributed by atoms with Crippen molar-refractivity contribution >= 4 is 10.2 Å².